The molecule has 3 heterocycles. The summed E-state index contributed by atoms with van der Waals surface area (Å²) < 4.78 is 0. The molecule has 26 heavy (non-hydrogen) atoms. The van der Waals surface area contributed by atoms with Gasteiger partial charge in [-0.2, -0.15) is 0 Å². The van der Waals surface area contributed by atoms with Crippen molar-refractivity contribution in [3.05, 3.63) is 65.4 Å². The van der Waals surface area contributed by atoms with Gasteiger partial charge in [0.2, 0.25) is 0 Å². The predicted octanol–water partition coefficient (Wildman–Crippen LogP) is 4.01. The Morgan fingerprint density at radius 2 is 1.81 bits per heavy atom. The summed E-state index contributed by atoms with van der Waals surface area (Å²) in [6.45, 7) is 1.59. The minimum absolute atomic E-state index is 0.0680. The van der Waals surface area contributed by atoms with Crippen molar-refractivity contribution in [3.63, 3.8) is 0 Å². The molecule has 1 atom stereocenters. The number of rotatable bonds is 3. The van der Waals surface area contributed by atoms with E-state index in [-0.39, 0.29) is 5.91 Å². The summed E-state index contributed by atoms with van der Waals surface area (Å²) in [7, 11) is 0. The van der Waals surface area contributed by atoms with Gasteiger partial charge in [0.05, 0.1) is 6.20 Å². The Bertz CT molecular complexity index is 866. The van der Waals surface area contributed by atoms with Gasteiger partial charge in [-0.3, -0.25) is 4.79 Å². The highest BCUT2D eigenvalue weighted by atomic mass is 32.1. The topological polar surface area (TPSA) is 59.0 Å². The van der Waals surface area contributed by atoms with Crippen molar-refractivity contribution in [3.8, 4) is 10.8 Å². The molecule has 1 fully saturated rings. The highest BCUT2D eigenvalue weighted by Gasteiger charge is 2.24. The van der Waals surface area contributed by atoms with E-state index in [1.54, 1.807) is 24.7 Å². The van der Waals surface area contributed by atoms with Gasteiger partial charge in [0, 0.05) is 25.5 Å². The summed E-state index contributed by atoms with van der Waals surface area (Å²) in [5.41, 5.74) is 1.38. The highest BCUT2D eigenvalue weighted by molar-refractivity contribution is 7.16. The number of likely N-dealkylation sites (tertiary alicyclic amines) is 1. The molecule has 0 unspecified atom stereocenters. The Morgan fingerprint density at radius 3 is 2.62 bits per heavy atom. The molecule has 1 saturated heterocycles. The molecule has 0 aliphatic carbocycles. The smallest absolute Gasteiger partial charge is 0.265 e. The monoisotopic (exact) mass is 364 g/mol. The van der Waals surface area contributed by atoms with Crippen LogP contribution in [0, 0.1) is 0 Å². The Kier molecular flexibility index (Phi) is 5.02. The van der Waals surface area contributed by atoms with Crippen molar-refractivity contribution >= 4 is 17.2 Å². The summed E-state index contributed by atoms with van der Waals surface area (Å²) in [6, 6.07) is 12.4. The molecule has 6 heteroatoms. The summed E-state index contributed by atoms with van der Waals surface area (Å²) in [4.78, 5) is 28.3. The van der Waals surface area contributed by atoms with Gasteiger partial charge in [0.25, 0.3) is 5.91 Å². The normalized spacial score (nSPS) is 17.7. The van der Waals surface area contributed by atoms with Gasteiger partial charge in [-0.25, -0.2) is 15.0 Å². The standard InChI is InChI=1S/C20H20N4OS/c25-20(17-14-23-19(26-17)18-21-10-5-11-22-18)24-12-4-8-16(9-13-24)15-6-2-1-3-7-15/h1-3,5-7,10-11,14,16H,4,8-9,12-13H2/t16-/m1/s1. The average Bonchev–Trinajstić information content (AvgIpc) is 3.07. The number of benzene rings is 1. The minimum Gasteiger partial charge on any atom is -0.338 e. The first-order valence-electron chi connectivity index (χ1n) is 8.89. The molecule has 132 valence electrons. The number of hydrogen-bond acceptors (Lipinski definition) is 5. The van der Waals surface area contributed by atoms with E-state index in [2.05, 4.69) is 39.2 Å². The maximum Gasteiger partial charge on any atom is 0.265 e. The van der Waals surface area contributed by atoms with E-state index in [0.29, 0.717) is 21.6 Å². The maximum absolute atomic E-state index is 12.9. The molecule has 1 aromatic carbocycles. The summed E-state index contributed by atoms with van der Waals surface area (Å²) in [6.07, 6.45) is 8.17. The van der Waals surface area contributed by atoms with E-state index in [1.165, 1.54) is 16.9 Å². The van der Waals surface area contributed by atoms with E-state index < -0.39 is 0 Å². The van der Waals surface area contributed by atoms with E-state index in [0.717, 1.165) is 32.4 Å². The Balaban J connectivity index is 1.45. The van der Waals surface area contributed by atoms with Gasteiger partial charge in [-0.15, -0.1) is 11.3 Å². The Hall–Kier alpha value is -2.60. The second-order valence-corrected chi connectivity index (χ2v) is 7.46. The summed E-state index contributed by atoms with van der Waals surface area (Å²) in [5, 5.41) is 0.686. The first-order valence-corrected chi connectivity index (χ1v) is 9.70. The number of amides is 1. The number of nitrogens with zero attached hydrogens (tertiary/aromatic N) is 4. The van der Waals surface area contributed by atoms with Gasteiger partial charge in [-0.05, 0) is 36.8 Å². The number of hydrogen-bond donors (Lipinski definition) is 0. The second kappa shape index (κ2) is 7.74. The van der Waals surface area contributed by atoms with Crippen LogP contribution in [0.15, 0.2) is 55.0 Å². The quantitative estimate of drug-likeness (QED) is 0.704. The van der Waals surface area contributed by atoms with Crippen LogP contribution in [-0.2, 0) is 0 Å². The van der Waals surface area contributed by atoms with Gasteiger partial charge in [0.15, 0.2) is 10.8 Å². The highest BCUT2D eigenvalue weighted by Crippen LogP contribution is 2.29. The SMILES string of the molecule is O=C(c1cnc(-c2ncccn2)s1)N1CCC[C@@H](c2ccccc2)CC1. The fraction of sp³-hybridized carbons (Fsp3) is 0.300. The lowest BCUT2D eigenvalue weighted by molar-refractivity contribution is 0.0765. The van der Waals surface area contributed by atoms with Crippen molar-refractivity contribution < 1.29 is 4.79 Å². The zero-order valence-corrected chi connectivity index (χ0v) is 15.2. The lowest BCUT2D eigenvalue weighted by Crippen LogP contribution is -2.31. The predicted molar refractivity (Wildman–Crippen MR) is 102 cm³/mol. The van der Waals surface area contributed by atoms with Crippen LogP contribution >= 0.6 is 11.3 Å². The molecule has 0 spiro atoms. The first-order chi connectivity index (χ1) is 12.8. The average molecular weight is 364 g/mol. The Labute approximate surface area is 156 Å². The van der Waals surface area contributed by atoms with Crippen LogP contribution < -0.4 is 0 Å². The largest absolute Gasteiger partial charge is 0.338 e. The van der Waals surface area contributed by atoms with Crippen LogP contribution in [0.4, 0.5) is 0 Å². The lowest BCUT2D eigenvalue weighted by atomic mass is 9.92. The molecule has 0 bridgehead atoms. The van der Waals surface area contributed by atoms with E-state index >= 15 is 0 Å². The zero-order valence-electron chi connectivity index (χ0n) is 14.4. The van der Waals surface area contributed by atoms with Crippen LogP contribution in [0.2, 0.25) is 0 Å². The van der Waals surface area contributed by atoms with Gasteiger partial charge >= 0.3 is 0 Å². The van der Waals surface area contributed by atoms with E-state index in [4.69, 9.17) is 0 Å². The molecule has 1 aliphatic heterocycles. The molecule has 4 rings (SSSR count). The van der Waals surface area contributed by atoms with Crippen molar-refractivity contribution in [2.24, 2.45) is 0 Å². The van der Waals surface area contributed by atoms with Gasteiger partial charge < -0.3 is 4.90 Å². The van der Waals surface area contributed by atoms with Crippen LogP contribution in [0.1, 0.15) is 40.4 Å². The molecule has 1 aliphatic rings. The van der Waals surface area contributed by atoms with Crippen LogP contribution in [0.5, 0.6) is 0 Å². The fourth-order valence-corrected chi connectivity index (χ4v) is 4.23. The van der Waals surface area contributed by atoms with Crippen LogP contribution in [0.3, 0.4) is 0 Å². The van der Waals surface area contributed by atoms with Crippen LogP contribution in [-0.4, -0.2) is 38.8 Å². The third-order valence-electron chi connectivity index (χ3n) is 4.76. The Morgan fingerprint density at radius 1 is 1.00 bits per heavy atom. The number of thiazole rings is 1. The molecule has 0 saturated carbocycles. The minimum atomic E-state index is 0.0680. The van der Waals surface area contributed by atoms with Crippen LogP contribution in [0.25, 0.3) is 10.8 Å². The molecular weight excluding hydrogens is 344 g/mol. The van der Waals surface area contributed by atoms with Gasteiger partial charge in [-0.1, -0.05) is 30.3 Å². The third-order valence-corrected chi connectivity index (χ3v) is 5.74. The number of carbonyl (C=O) groups is 1. The molecule has 0 N–H and O–H groups in total. The lowest BCUT2D eigenvalue weighted by Gasteiger charge is -2.19. The zero-order chi connectivity index (χ0) is 17.8. The van der Waals surface area contributed by atoms with E-state index in [1.807, 2.05) is 11.0 Å². The molecular formula is C20H20N4OS. The van der Waals surface area contributed by atoms with Crippen molar-refractivity contribution in [1.82, 2.24) is 19.9 Å². The van der Waals surface area contributed by atoms with Crippen molar-refractivity contribution in [2.45, 2.75) is 25.2 Å². The first kappa shape index (κ1) is 16.8. The molecule has 3 aromatic rings. The van der Waals surface area contributed by atoms with E-state index in [9.17, 15) is 4.79 Å². The molecule has 2 aromatic heterocycles. The third kappa shape index (κ3) is 3.65. The number of aromatic nitrogens is 3. The van der Waals surface area contributed by atoms with Crippen molar-refractivity contribution in [1.29, 1.82) is 0 Å². The maximum atomic E-state index is 12.9. The fourth-order valence-electron chi connectivity index (χ4n) is 3.40. The molecule has 5 nitrogen and oxygen atoms in total. The summed E-state index contributed by atoms with van der Waals surface area (Å²) in [5.74, 6) is 1.17. The molecule has 0 radical (unpaired) electrons. The summed E-state index contributed by atoms with van der Waals surface area (Å²) >= 11 is 1.36. The van der Waals surface area contributed by atoms with Gasteiger partial charge in [0.1, 0.15) is 4.88 Å². The van der Waals surface area contributed by atoms with Crippen molar-refractivity contribution in [2.75, 3.05) is 13.1 Å². The molecule has 1 amide bonds. The number of carbonyl (C=O) groups excluding carboxylic acids is 1. The second-order valence-electron chi connectivity index (χ2n) is 6.43.